The first kappa shape index (κ1) is 19.5. The molecule has 0 unspecified atom stereocenters. The number of hydrogen-bond acceptors (Lipinski definition) is 3. The first-order valence-electron chi connectivity index (χ1n) is 9.06. The van der Waals surface area contributed by atoms with Crippen LogP contribution in [0, 0.1) is 6.92 Å². The van der Waals surface area contributed by atoms with E-state index >= 15 is 0 Å². The Bertz CT molecular complexity index is 1100. The second kappa shape index (κ2) is 7.90. The lowest BCUT2D eigenvalue weighted by atomic mass is 10.1. The highest BCUT2D eigenvalue weighted by Crippen LogP contribution is 2.35. The molecule has 29 heavy (non-hydrogen) atoms. The zero-order valence-electron chi connectivity index (χ0n) is 15.9. The van der Waals surface area contributed by atoms with Crippen LogP contribution in [0.5, 0.6) is 5.75 Å². The Morgan fingerprint density at radius 2 is 1.69 bits per heavy atom. The van der Waals surface area contributed by atoms with Crippen molar-refractivity contribution in [2.24, 2.45) is 4.99 Å². The van der Waals surface area contributed by atoms with Crippen LogP contribution < -0.4 is 9.64 Å². The number of carbonyl (C=O) groups is 1. The number of ether oxygens (including phenoxy) is 1. The number of methoxy groups -OCH3 is 1. The summed E-state index contributed by atoms with van der Waals surface area (Å²) in [7, 11) is 1.61. The zero-order valence-corrected chi connectivity index (χ0v) is 17.5. The summed E-state index contributed by atoms with van der Waals surface area (Å²) in [5, 5.41) is 1.05. The monoisotopic (exact) mass is 424 g/mol. The summed E-state index contributed by atoms with van der Waals surface area (Å²) in [6, 6.07) is 18.5. The summed E-state index contributed by atoms with van der Waals surface area (Å²) in [6.45, 7) is 2.26. The second-order valence-corrected chi connectivity index (χ2v) is 7.58. The minimum Gasteiger partial charge on any atom is -0.497 e. The van der Waals surface area contributed by atoms with Gasteiger partial charge in [-0.2, -0.15) is 0 Å². The number of halogens is 2. The van der Waals surface area contributed by atoms with Crippen LogP contribution in [0.1, 0.15) is 16.7 Å². The molecule has 0 saturated carbocycles. The highest BCUT2D eigenvalue weighted by atomic mass is 35.5. The lowest BCUT2D eigenvalue weighted by Gasteiger charge is -2.18. The topological polar surface area (TPSA) is 41.9 Å². The molecule has 4 nitrogen and oxygen atoms in total. The van der Waals surface area contributed by atoms with Crippen LogP contribution in [0.4, 0.5) is 11.4 Å². The Morgan fingerprint density at radius 1 is 1.00 bits per heavy atom. The van der Waals surface area contributed by atoms with Crippen LogP contribution in [-0.4, -0.2) is 18.7 Å². The Kier molecular flexibility index (Phi) is 5.31. The van der Waals surface area contributed by atoms with Gasteiger partial charge in [-0.25, -0.2) is 4.99 Å². The van der Waals surface area contributed by atoms with Gasteiger partial charge in [-0.1, -0.05) is 40.9 Å². The molecule has 1 amide bonds. The summed E-state index contributed by atoms with van der Waals surface area (Å²) < 4.78 is 5.19. The zero-order chi connectivity index (χ0) is 20.5. The van der Waals surface area contributed by atoms with Crippen LogP contribution in [0.25, 0.3) is 0 Å². The Balaban J connectivity index is 1.78. The average molecular weight is 425 g/mol. The lowest BCUT2D eigenvalue weighted by molar-refractivity contribution is -0.112. The van der Waals surface area contributed by atoms with Gasteiger partial charge in [-0.3, -0.25) is 4.79 Å². The second-order valence-electron chi connectivity index (χ2n) is 6.77. The van der Waals surface area contributed by atoms with Crippen LogP contribution in [0.15, 0.2) is 65.7 Å². The largest absolute Gasteiger partial charge is 0.497 e. The summed E-state index contributed by atoms with van der Waals surface area (Å²) in [5.41, 5.74) is 4.44. The number of benzene rings is 3. The van der Waals surface area contributed by atoms with Gasteiger partial charge in [0.25, 0.3) is 5.91 Å². The van der Waals surface area contributed by atoms with E-state index < -0.39 is 0 Å². The molecule has 1 aliphatic rings. The number of rotatable bonds is 4. The van der Waals surface area contributed by atoms with Gasteiger partial charge in [0.05, 0.1) is 25.0 Å². The Morgan fingerprint density at radius 3 is 2.34 bits per heavy atom. The molecular formula is C23H18Cl2N2O2. The molecule has 0 aliphatic carbocycles. The maximum atomic E-state index is 13.3. The molecule has 0 atom stereocenters. The fraction of sp³-hybridized carbons (Fsp3) is 0.130. The molecule has 3 aromatic rings. The number of anilines is 1. The van der Waals surface area contributed by atoms with Gasteiger partial charge in [0, 0.05) is 21.2 Å². The molecule has 0 spiro atoms. The molecule has 0 saturated heterocycles. The smallest absolute Gasteiger partial charge is 0.277 e. The van der Waals surface area contributed by atoms with Gasteiger partial charge < -0.3 is 9.64 Å². The van der Waals surface area contributed by atoms with E-state index in [4.69, 9.17) is 27.9 Å². The van der Waals surface area contributed by atoms with Crippen molar-refractivity contribution in [3.8, 4) is 5.75 Å². The van der Waals surface area contributed by atoms with Gasteiger partial charge in [-0.05, 0) is 55.5 Å². The number of carbonyl (C=O) groups excluding carboxylic acids is 1. The molecule has 1 heterocycles. The normalized spacial score (nSPS) is 14.4. The molecular weight excluding hydrogens is 407 g/mol. The third-order valence-electron chi connectivity index (χ3n) is 4.84. The van der Waals surface area contributed by atoms with E-state index in [1.807, 2.05) is 49.4 Å². The maximum Gasteiger partial charge on any atom is 0.277 e. The fourth-order valence-corrected chi connectivity index (χ4v) is 3.84. The predicted molar refractivity (Wildman–Crippen MR) is 118 cm³/mol. The third kappa shape index (κ3) is 3.74. The predicted octanol–water partition coefficient (Wildman–Crippen LogP) is 5.98. The van der Waals surface area contributed by atoms with Crippen LogP contribution in [0.2, 0.25) is 10.0 Å². The standard InChI is InChI=1S/C23H18Cl2N2O2/c1-14-6-11-21-17(12-14)22(26-15-7-9-16(29-2)10-8-15)23(28)27(21)13-18-19(24)4-3-5-20(18)25/h3-12H,13H2,1-2H3. The van der Waals surface area contributed by atoms with Crippen molar-refractivity contribution in [3.63, 3.8) is 0 Å². The van der Waals surface area contributed by atoms with Crippen molar-refractivity contribution >= 4 is 46.2 Å². The van der Waals surface area contributed by atoms with Gasteiger partial charge in [0.15, 0.2) is 0 Å². The Labute approximate surface area is 179 Å². The molecule has 6 heteroatoms. The van der Waals surface area contributed by atoms with Gasteiger partial charge in [0.2, 0.25) is 0 Å². The molecule has 0 radical (unpaired) electrons. The van der Waals surface area contributed by atoms with Crippen LogP contribution in [0.3, 0.4) is 0 Å². The first-order chi connectivity index (χ1) is 14.0. The minimum atomic E-state index is -0.183. The van der Waals surface area contributed by atoms with Crippen LogP contribution >= 0.6 is 23.2 Å². The molecule has 0 bridgehead atoms. The van der Waals surface area contributed by atoms with Gasteiger partial charge >= 0.3 is 0 Å². The highest BCUT2D eigenvalue weighted by Gasteiger charge is 2.34. The number of aryl methyl sites for hydroxylation is 1. The average Bonchev–Trinajstić information content (AvgIpc) is 2.96. The minimum absolute atomic E-state index is 0.183. The quantitative estimate of drug-likeness (QED) is 0.516. The van der Waals surface area contributed by atoms with E-state index in [-0.39, 0.29) is 12.5 Å². The Hall–Kier alpha value is -2.82. The summed E-state index contributed by atoms with van der Waals surface area (Å²) in [5.74, 6) is 0.551. The van der Waals surface area contributed by atoms with E-state index in [0.717, 1.165) is 22.6 Å². The summed E-state index contributed by atoms with van der Waals surface area (Å²) >= 11 is 12.7. The molecule has 0 fully saturated rings. The van der Waals surface area contributed by atoms with Crippen molar-refractivity contribution in [3.05, 3.63) is 87.4 Å². The molecule has 1 aliphatic heterocycles. The van der Waals surface area contributed by atoms with E-state index in [2.05, 4.69) is 4.99 Å². The molecule has 4 rings (SSSR count). The highest BCUT2D eigenvalue weighted by molar-refractivity contribution is 6.54. The number of amides is 1. The van der Waals surface area contributed by atoms with Crippen LogP contribution in [-0.2, 0) is 11.3 Å². The number of hydrogen-bond donors (Lipinski definition) is 0. The third-order valence-corrected chi connectivity index (χ3v) is 5.55. The van der Waals surface area contributed by atoms with E-state index in [0.29, 0.717) is 27.0 Å². The van der Waals surface area contributed by atoms with Crippen molar-refractivity contribution in [2.45, 2.75) is 13.5 Å². The fourth-order valence-electron chi connectivity index (χ4n) is 3.32. The van der Waals surface area contributed by atoms with Gasteiger partial charge in [0.1, 0.15) is 11.5 Å². The van der Waals surface area contributed by atoms with E-state index in [1.54, 1.807) is 30.2 Å². The number of nitrogens with zero attached hydrogens (tertiary/aromatic N) is 2. The number of aliphatic imine (C=N–C) groups is 1. The van der Waals surface area contributed by atoms with Crippen molar-refractivity contribution < 1.29 is 9.53 Å². The summed E-state index contributed by atoms with van der Waals surface area (Å²) in [4.78, 5) is 19.6. The molecule has 3 aromatic carbocycles. The van der Waals surface area contributed by atoms with Crippen molar-refractivity contribution in [1.29, 1.82) is 0 Å². The van der Waals surface area contributed by atoms with E-state index in [9.17, 15) is 4.79 Å². The maximum absolute atomic E-state index is 13.3. The SMILES string of the molecule is COc1ccc(N=C2C(=O)N(Cc3c(Cl)cccc3Cl)c3ccc(C)cc32)cc1. The first-order valence-corrected chi connectivity index (χ1v) is 9.82. The van der Waals surface area contributed by atoms with Gasteiger partial charge in [-0.15, -0.1) is 0 Å². The molecule has 0 N–H and O–H groups in total. The lowest BCUT2D eigenvalue weighted by Crippen LogP contribution is -2.29. The number of fused-ring (bicyclic) bond motifs is 1. The summed E-state index contributed by atoms with van der Waals surface area (Å²) in [6.07, 6.45) is 0. The van der Waals surface area contributed by atoms with Crippen molar-refractivity contribution in [1.82, 2.24) is 0 Å². The van der Waals surface area contributed by atoms with Crippen molar-refractivity contribution in [2.75, 3.05) is 12.0 Å². The molecule has 146 valence electrons. The van der Waals surface area contributed by atoms with E-state index in [1.165, 1.54) is 0 Å². The molecule has 0 aromatic heterocycles.